The number of hydrogen-bond donors (Lipinski definition) is 0. The molecule has 0 bridgehead atoms. The van der Waals surface area contributed by atoms with Gasteiger partial charge in [-0.3, -0.25) is 15.0 Å². The van der Waals surface area contributed by atoms with Gasteiger partial charge in [-0.05, 0) is 116 Å². The number of fused-ring (bicyclic) bond motifs is 7. The maximum atomic E-state index is 8.76. The summed E-state index contributed by atoms with van der Waals surface area (Å²) in [6, 6.07) is 62.6. The van der Waals surface area contributed by atoms with E-state index in [0.717, 1.165) is 77.7 Å². The van der Waals surface area contributed by atoms with Gasteiger partial charge in [-0.25, -0.2) is 0 Å². The van der Waals surface area contributed by atoms with Crippen molar-refractivity contribution < 1.29 is 32.7 Å². The van der Waals surface area contributed by atoms with Crippen LogP contribution >= 0.6 is 0 Å². The third kappa shape index (κ3) is 9.20. The number of furan rings is 1. The number of hydrogen-bond acceptors (Lipinski definition) is 4. The van der Waals surface area contributed by atoms with Crippen molar-refractivity contribution in [1.29, 1.82) is 0 Å². The van der Waals surface area contributed by atoms with Crippen LogP contribution in [0.1, 0.15) is 96.5 Å². The zero-order valence-corrected chi connectivity index (χ0v) is 44.3. The number of aryl methyl sites for hydroxylation is 2. The summed E-state index contributed by atoms with van der Waals surface area (Å²) in [6.07, 6.45) is 1.81. The molecule has 0 unspecified atom stereocenters. The van der Waals surface area contributed by atoms with Gasteiger partial charge in [0.15, 0.2) is 0 Å². The monoisotopic (exact) mass is 1130 g/mol. The number of rotatable bonds is 7. The zero-order chi connectivity index (χ0) is 54.8. The van der Waals surface area contributed by atoms with E-state index in [9.17, 15) is 0 Å². The van der Waals surface area contributed by atoms with E-state index in [1.54, 1.807) is 12.1 Å². The normalized spacial score (nSPS) is 13.3. The second-order valence-corrected chi connectivity index (χ2v) is 20.2. The van der Waals surface area contributed by atoms with E-state index >= 15 is 0 Å². The minimum Gasteiger partial charge on any atom is -0.501 e. The van der Waals surface area contributed by atoms with Crippen LogP contribution in [-0.4, -0.2) is 19.5 Å². The Balaban J connectivity index is 0.000000356. The summed E-state index contributed by atoms with van der Waals surface area (Å²) in [4.78, 5) is 14.1. The van der Waals surface area contributed by atoms with Gasteiger partial charge in [0.05, 0.1) is 28.3 Å². The standard InChI is InChI=1S/C53H43N2O.C14H15N2.Ir/c1-31(2)43-28-40(37-22-20-36(21-23-37)35-14-8-7-9-15-35)29-44(32(3)4)51(43)55-50-34(6)13-12-18-47(50)54-53(55)42-26-19-33(5)49-46-27-39-25-24-38-16-10-11-17-41(38)45(39)30-48(46)56-52(42)49;1-14(2,3)12-9-10-15-13(16-12)11-7-5-4-6-8-11;/h7-25,27-32H,1-6H3;4-7,9-10H,1-3H3;/q2*-1;/i5D3,6D3;;. The first-order valence-electron chi connectivity index (χ1n) is 27.6. The molecule has 5 nitrogen and oxygen atoms in total. The predicted octanol–water partition coefficient (Wildman–Crippen LogP) is 18.1. The Morgan fingerprint density at radius 1 is 0.603 bits per heavy atom. The summed E-state index contributed by atoms with van der Waals surface area (Å²) in [5.74, 6) is 1.17. The summed E-state index contributed by atoms with van der Waals surface area (Å²) in [5.41, 5.74) is 11.8. The zero-order valence-electron chi connectivity index (χ0n) is 47.9. The van der Waals surface area contributed by atoms with Gasteiger partial charge in [-0.1, -0.05) is 169 Å². The third-order valence-corrected chi connectivity index (χ3v) is 13.6. The topological polar surface area (TPSA) is 56.7 Å². The summed E-state index contributed by atoms with van der Waals surface area (Å²) in [7, 11) is 0. The molecule has 3 heterocycles. The smallest absolute Gasteiger partial charge is 0.121 e. The quantitative estimate of drug-likeness (QED) is 0.118. The molecule has 73 heavy (non-hydrogen) atoms. The maximum absolute atomic E-state index is 8.76. The van der Waals surface area contributed by atoms with Gasteiger partial charge in [0.1, 0.15) is 5.58 Å². The van der Waals surface area contributed by atoms with Crippen LogP contribution in [0, 0.1) is 25.8 Å². The molecule has 0 saturated heterocycles. The molecule has 12 aromatic rings. The molecule has 3 aromatic heterocycles. The minimum atomic E-state index is -2.48. The molecule has 0 saturated carbocycles. The van der Waals surface area contributed by atoms with E-state index in [-0.39, 0.29) is 48.5 Å². The van der Waals surface area contributed by atoms with Gasteiger partial charge in [-0.15, -0.1) is 53.6 Å². The average molecular weight is 1130 g/mol. The van der Waals surface area contributed by atoms with Gasteiger partial charge >= 0.3 is 0 Å². The summed E-state index contributed by atoms with van der Waals surface area (Å²) >= 11 is 0. The Morgan fingerprint density at radius 3 is 1.99 bits per heavy atom. The molecular weight excluding hydrogens is 1070 g/mol. The van der Waals surface area contributed by atoms with Crippen LogP contribution < -0.4 is 0 Å². The fraction of sp³-hybridized carbons (Fsp3) is 0.179. The van der Waals surface area contributed by atoms with Gasteiger partial charge in [0.2, 0.25) is 0 Å². The van der Waals surface area contributed by atoms with E-state index in [0.29, 0.717) is 44.4 Å². The molecule has 0 aliphatic carbocycles. The molecule has 0 amide bonds. The first-order valence-corrected chi connectivity index (χ1v) is 24.6. The molecule has 1 radical (unpaired) electrons. The van der Waals surface area contributed by atoms with Crippen molar-refractivity contribution in [2.24, 2.45) is 0 Å². The van der Waals surface area contributed by atoms with Gasteiger partial charge < -0.3 is 8.98 Å². The van der Waals surface area contributed by atoms with Crippen molar-refractivity contribution in [3.8, 4) is 50.7 Å². The molecule has 0 aliphatic heterocycles. The molecule has 363 valence electrons. The fourth-order valence-corrected chi connectivity index (χ4v) is 9.91. The molecule has 0 N–H and O–H groups in total. The second-order valence-electron chi connectivity index (χ2n) is 20.2. The van der Waals surface area contributed by atoms with Gasteiger partial charge in [0, 0.05) is 56.7 Å². The van der Waals surface area contributed by atoms with Crippen LogP contribution in [0.3, 0.4) is 0 Å². The van der Waals surface area contributed by atoms with Crippen molar-refractivity contribution in [1.82, 2.24) is 19.5 Å². The number of para-hydroxylation sites is 1. The predicted molar refractivity (Wildman–Crippen MR) is 301 cm³/mol. The maximum Gasteiger partial charge on any atom is 0.121 e. The first-order chi connectivity index (χ1) is 37.2. The van der Waals surface area contributed by atoms with Gasteiger partial charge in [-0.2, -0.15) is 0 Å². The van der Waals surface area contributed by atoms with E-state index in [1.165, 1.54) is 6.07 Å². The van der Waals surface area contributed by atoms with E-state index in [2.05, 4.69) is 143 Å². The SMILES string of the molecule is CC(C)(C)c1ccnc(-c2[c-]cccc2)n1.[2H]C([2H])([2H])c1c[c-]c(-c2nc3cccc(C([2H])([2H])[2H])c3n2-c2c(C(C)C)cc(-c3ccc(-c4ccccc4)cc3)cc2C(C)C)c2oc3cc4c(ccc5ccccc54)cc3c12.[Ir]. The molecule has 12 rings (SSSR count). The van der Waals surface area contributed by atoms with E-state index < -0.39 is 13.7 Å². The molecule has 0 atom stereocenters. The molecule has 0 aliphatic rings. The second kappa shape index (κ2) is 19.8. The van der Waals surface area contributed by atoms with E-state index in [4.69, 9.17) is 17.6 Å². The number of aromatic nitrogens is 4. The van der Waals surface area contributed by atoms with Gasteiger partial charge in [0.25, 0.3) is 0 Å². The summed E-state index contributed by atoms with van der Waals surface area (Å²) in [5, 5.41) is 5.22. The fourth-order valence-electron chi connectivity index (χ4n) is 9.91. The molecule has 9 aromatic carbocycles. The number of benzene rings is 9. The third-order valence-electron chi connectivity index (χ3n) is 13.6. The minimum absolute atomic E-state index is 0. The Morgan fingerprint density at radius 2 is 1.29 bits per heavy atom. The molecular formula is C67H58IrN4O-2. The average Bonchev–Trinajstić information content (AvgIpc) is 4.00. The Hall–Kier alpha value is -7.50. The Labute approximate surface area is 450 Å². The largest absolute Gasteiger partial charge is 0.501 e. The Bertz CT molecular complexity index is 4180. The number of imidazole rings is 1. The van der Waals surface area contributed by atoms with Crippen LogP contribution in [0.15, 0.2) is 180 Å². The molecule has 0 fully saturated rings. The first kappa shape index (κ1) is 42.0. The van der Waals surface area contributed by atoms with Crippen LogP contribution in [0.4, 0.5) is 0 Å². The van der Waals surface area contributed by atoms with Crippen LogP contribution in [-0.2, 0) is 25.5 Å². The van der Waals surface area contributed by atoms with Crippen LogP contribution in [0.5, 0.6) is 0 Å². The molecule has 0 spiro atoms. The van der Waals surface area contributed by atoms with Crippen LogP contribution in [0.2, 0.25) is 0 Å². The Kier molecular flexibility index (Phi) is 11.4. The summed E-state index contributed by atoms with van der Waals surface area (Å²) in [6.45, 7) is 10.1. The van der Waals surface area contributed by atoms with E-state index in [1.807, 2.05) is 89.6 Å². The van der Waals surface area contributed by atoms with Crippen molar-refractivity contribution in [3.05, 3.63) is 216 Å². The number of nitrogens with zero attached hydrogens (tertiary/aromatic N) is 4. The van der Waals surface area contributed by atoms with Crippen LogP contribution in [0.25, 0.3) is 105 Å². The van der Waals surface area contributed by atoms with Crippen molar-refractivity contribution >= 4 is 54.5 Å². The van der Waals surface area contributed by atoms with Crippen molar-refractivity contribution in [2.45, 2.75) is 79.4 Å². The van der Waals surface area contributed by atoms with Crippen molar-refractivity contribution in [3.63, 3.8) is 0 Å². The van der Waals surface area contributed by atoms with Crippen molar-refractivity contribution in [2.75, 3.05) is 0 Å². The summed E-state index contributed by atoms with van der Waals surface area (Å²) < 4.78 is 61.1. The molecule has 6 heteroatoms.